The van der Waals surface area contributed by atoms with E-state index in [1.807, 2.05) is 24.3 Å². The van der Waals surface area contributed by atoms with Crippen molar-refractivity contribution >= 4 is 32.7 Å². The first-order chi connectivity index (χ1) is 10.7. The van der Waals surface area contributed by atoms with Crippen LogP contribution in [0.25, 0.3) is 10.2 Å². The van der Waals surface area contributed by atoms with Gasteiger partial charge in [-0.1, -0.05) is 23.5 Å². The van der Waals surface area contributed by atoms with Gasteiger partial charge in [0.25, 0.3) is 0 Å². The van der Waals surface area contributed by atoms with E-state index in [2.05, 4.69) is 10.3 Å². The number of urea groups is 1. The average Bonchev–Trinajstić information content (AvgIpc) is 2.96. The summed E-state index contributed by atoms with van der Waals surface area (Å²) < 4.78 is 40.2. The van der Waals surface area contributed by atoms with Crippen LogP contribution in [0.3, 0.4) is 0 Å². The lowest BCUT2D eigenvalue weighted by molar-refractivity contribution is -0.189. The van der Waals surface area contributed by atoms with Crippen molar-refractivity contribution < 1.29 is 18.0 Å². The number of carbonyl (C=O) groups is 1. The summed E-state index contributed by atoms with van der Waals surface area (Å²) >= 11 is 1.30. The number of aromatic nitrogens is 1. The highest BCUT2D eigenvalue weighted by atomic mass is 32.1. The van der Waals surface area contributed by atoms with Crippen LogP contribution in [-0.4, -0.2) is 34.2 Å². The van der Waals surface area contributed by atoms with Crippen LogP contribution < -0.4 is 5.32 Å². The van der Waals surface area contributed by atoms with E-state index in [1.165, 1.54) is 30.1 Å². The molecule has 0 unspecified atom stereocenters. The Labute approximate surface area is 135 Å². The van der Waals surface area contributed by atoms with Crippen LogP contribution in [0.4, 0.5) is 23.1 Å². The van der Waals surface area contributed by atoms with Crippen LogP contribution in [0.15, 0.2) is 24.3 Å². The van der Waals surface area contributed by atoms with E-state index in [-0.39, 0.29) is 13.0 Å². The minimum Gasteiger partial charge on any atom is -0.319 e. The molecular weight excluding hydrogens is 327 g/mol. The molecule has 8 heteroatoms. The van der Waals surface area contributed by atoms with Gasteiger partial charge in [-0.3, -0.25) is 5.32 Å². The monoisotopic (exact) mass is 343 g/mol. The number of carbonyl (C=O) groups excluding carboxylic acids is 1. The third kappa shape index (κ3) is 2.87. The minimum atomic E-state index is -4.31. The quantitative estimate of drug-likeness (QED) is 0.829. The van der Waals surface area contributed by atoms with Crippen molar-refractivity contribution in [3.05, 3.63) is 24.3 Å². The van der Waals surface area contributed by atoms with Gasteiger partial charge in [0.1, 0.15) is 0 Å². The van der Waals surface area contributed by atoms with Crippen LogP contribution in [0, 0.1) is 5.92 Å². The highest BCUT2D eigenvalue weighted by Crippen LogP contribution is 2.44. The molecule has 2 aromatic rings. The van der Waals surface area contributed by atoms with E-state index in [1.54, 1.807) is 0 Å². The highest BCUT2D eigenvalue weighted by molar-refractivity contribution is 7.22. The van der Waals surface area contributed by atoms with Crippen molar-refractivity contribution in [3.63, 3.8) is 0 Å². The summed E-state index contributed by atoms with van der Waals surface area (Å²) in [5, 5.41) is 3.02. The fraction of sp³-hybridized carbons (Fsp3) is 0.467. The lowest BCUT2D eigenvalue weighted by Gasteiger charge is -2.36. The summed E-state index contributed by atoms with van der Waals surface area (Å²) in [6.45, 7) is 2.99. The smallest absolute Gasteiger partial charge is 0.319 e. The number of halogens is 3. The number of benzene rings is 1. The van der Waals surface area contributed by atoms with Gasteiger partial charge >= 0.3 is 12.2 Å². The molecule has 124 valence electrons. The number of anilines is 1. The molecule has 1 atom stereocenters. The number of likely N-dealkylation sites (tertiary alicyclic amines) is 1. The fourth-order valence-corrected chi connectivity index (χ4v) is 3.96. The normalized spacial score (nSPS) is 20.9. The van der Waals surface area contributed by atoms with Crippen molar-refractivity contribution in [1.82, 2.24) is 9.88 Å². The van der Waals surface area contributed by atoms with Crippen LogP contribution in [0.2, 0.25) is 0 Å². The lowest BCUT2D eigenvalue weighted by atomic mass is 9.88. The second-order valence-electron chi connectivity index (χ2n) is 6.11. The largest absolute Gasteiger partial charge is 0.394 e. The molecule has 0 radical (unpaired) electrons. The Kier molecular flexibility index (Phi) is 3.74. The fourth-order valence-electron chi connectivity index (χ4n) is 3.10. The minimum absolute atomic E-state index is 0.0773. The number of nitrogens with zero attached hydrogens (tertiary/aromatic N) is 2. The van der Waals surface area contributed by atoms with Crippen molar-refractivity contribution in [2.75, 3.05) is 11.9 Å². The third-order valence-corrected chi connectivity index (χ3v) is 5.29. The Morgan fingerprint density at radius 3 is 2.70 bits per heavy atom. The van der Waals surface area contributed by atoms with Crippen molar-refractivity contribution in [2.45, 2.75) is 32.0 Å². The van der Waals surface area contributed by atoms with Crippen molar-refractivity contribution in [2.24, 2.45) is 5.92 Å². The molecule has 0 bridgehead atoms. The second-order valence-corrected chi connectivity index (χ2v) is 7.14. The average molecular weight is 343 g/mol. The molecule has 1 aliphatic heterocycles. The van der Waals surface area contributed by atoms with Gasteiger partial charge in [-0.15, -0.1) is 0 Å². The predicted octanol–water partition coefficient (Wildman–Crippen LogP) is 4.49. The summed E-state index contributed by atoms with van der Waals surface area (Å²) in [5.74, 6) is -1.52. The van der Waals surface area contributed by atoms with Gasteiger partial charge in [0.2, 0.25) is 0 Å². The van der Waals surface area contributed by atoms with E-state index in [0.717, 1.165) is 10.2 Å². The molecule has 2 heterocycles. The van der Waals surface area contributed by atoms with Gasteiger partial charge in [0, 0.05) is 6.54 Å². The number of thiazole rings is 1. The number of para-hydroxylation sites is 1. The second kappa shape index (κ2) is 5.36. The summed E-state index contributed by atoms with van der Waals surface area (Å²) in [5.41, 5.74) is -0.527. The predicted molar refractivity (Wildman–Crippen MR) is 83.6 cm³/mol. The topological polar surface area (TPSA) is 45.2 Å². The first-order valence-corrected chi connectivity index (χ1v) is 8.02. The molecule has 1 aliphatic rings. The number of amides is 2. The first-order valence-electron chi connectivity index (χ1n) is 7.20. The molecule has 0 aliphatic carbocycles. The van der Waals surface area contributed by atoms with Gasteiger partial charge in [0.05, 0.1) is 21.7 Å². The molecule has 1 aromatic heterocycles. The summed E-state index contributed by atoms with van der Waals surface area (Å²) in [6, 6.07) is 6.86. The van der Waals surface area contributed by atoms with Crippen LogP contribution in [-0.2, 0) is 0 Å². The Morgan fingerprint density at radius 2 is 2.09 bits per heavy atom. The number of hydrogen-bond donors (Lipinski definition) is 1. The van der Waals surface area contributed by atoms with E-state index in [4.69, 9.17) is 0 Å². The molecule has 4 nitrogen and oxygen atoms in total. The Balaban J connectivity index is 1.78. The van der Waals surface area contributed by atoms with E-state index in [0.29, 0.717) is 5.13 Å². The molecule has 1 fully saturated rings. The third-order valence-electron chi connectivity index (χ3n) is 4.34. The molecule has 1 aromatic carbocycles. The molecule has 0 saturated carbocycles. The van der Waals surface area contributed by atoms with Gasteiger partial charge in [0.15, 0.2) is 5.13 Å². The van der Waals surface area contributed by atoms with Gasteiger partial charge in [-0.25, -0.2) is 9.78 Å². The number of rotatable bonds is 1. The maximum absolute atomic E-state index is 13.1. The standard InChI is InChI=1S/C15H16F3N3OS/c1-14(2)11(15(16,17)18)7-8-21(14)13(22)20-12-19-9-5-3-4-6-10(9)23-12/h3-6,11H,7-8H2,1-2H3,(H,19,20,22)/t11-/m0/s1. The molecule has 3 rings (SSSR count). The summed E-state index contributed by atoms with van der Waals surface area (Å²) in [4.78, 5) is 17.9. The number of nitrogens with one attached hydrogen (secondary N) is 1. The summed E-state index contributed by atoms with van der Waals surface area (Å²) in [6.07, 6.45) is -4.39. The SMILES string of the molecule is CC1(C)[C@@H](C(F)(F)F)CCN1C(=O)Nc1nc2ccccc2s1. The molecular formula is C15H16F3N3OS. The molecule has 2 amide bonds. The Hall–Kier alpha value is -1.83. The van der Waals surface area contributed by atoms with E-state index >= 15 is 0 Å². The van der Waals surface area contributed by atoms with E-state index < -0.39 is 23.7 Å². The summed E-state index contributed by atoms with van der Waals surface area (Å²) in [7, 11) is 0. The zero-order valence-electron chi connectivity index (χ0n) is 12.6. The Bertz CT molecular complexity index is 708. The molecule has 0 spiro atoms. The maximum Gasteiger partial charge on any atom is 0.394 e. The van der Waals surface area contributed by atoms with Gasteiger partial charge < -0.3 is 4.90 Å². The van der Waals surface area contributed by atoms with E-state index in [9.17, 15) is 18.0 Å². The van der Waals surface area contributed by atoms with Crippen molar-refractivity contribution in [3.8, 4) is 0 Å². The lowest BCUT2D eigenvalue weighted by Crippen LogP contribution is -2.51. The van der Waals surface area contributed by atoms with Crippen molar-refractivity contribution in [1.29, 1.82) is 0 Å². The number of hydrogen-bond acceptors (Lipinski definition) is 3. The molecule has 23 heavy (non-hydrogen) atoms. The highest BCUT2D eigenvalue weighted by Gasteiger charge is 2.56. The van der Waals surface area contributed by atoms with Crippen LogP contribution in [0.1, 0.15) is 20.3 Å². The maximum atomic E-state index is 13.1. The Morgan fingerprint density at radius 1 is 1.39 bits per heavy atom. The van der Waals surface area contributed by atoms with Gasteiger partial charge in [-0.2, -0.15) is 13.2 Å². The number of alkyl halides is 3. The molecule has 1 N–H and O–H groups in total. The van der Waals surface area contributed by atoms with Crippen LogP contribution in [0.5, 0.6) is 0 Å². The first kappa shape index (κ1) is 16.0. The molecule has 1 saturated heterocycles. The zero-order chi connectivity index (χ0) is 16.8. The number of fused-ring (bicyclic) bond motifs is 1. The van der Waals surface area contributed by atoms with Crippen LogP contribution >= 0.6 is 11.3 Å². The van der Waals surface area contributed by atoms with Gasteiger partial charge in [-0.05, 0) is 32.4 Å². The zero-order valence-corrected chi connectivity index (χ0v) is 13.5.